The van der Waals surface area contributed by atoms with E-state index in [0.29, 0.717) is 28.5 Å². The van der Waals surface area contributed by atoms with E-state index in [4.69, 9.17) is 11.6 Å². The Labute approximate surface area is 168 Å². The predicted octanol–water partition coefficient (Wildman–Crippen LogP) is 5.65. The first-order valence-electron chi connectivity index (χ1n) is 8.87. The fourth-order valence-electron chi connectivity index (χ4n) is 2.73. The SMILES string of the molecule is CCN(C(=O)c1ccc(NC(=O)Nc2ccc(Cl)cc2)cc1)c1ccccc1. The third-order valence-corrected chi connectivity index (χ3v) is 4.37. The number of nitrogens with one attached hydrogen (secondary N) is 2. The van der Waals surface area contributed by atoms with E-state index in [-0.39, 0.29) is 11.9 Å². The molecule has 0 aliphatic rings. The molecule has 28 heavy (non-hydrogen) atoms. The Morgan fingerprint density at radius 1 is 0.821 bits per heavy atom. The lowest BCUT2D eigenvalue weighted by atomic mass is 10.1. The van der Waals surface area contributed by atoms with Gasteiger partial charge in [0.25, 0.3) is 5.91 Å². The first-order chi connectivity index (χ1) is 13.6. The van der Waals surface area contributed by atoms with E-state index in [1.807, 2.05) is 37.3 Å². The van der Waals surface area contributed by atoms with Gasteiger partial charge in [0.05, 0.1) is 0 Å². The first-order valence-corrected chi connectivity index (χ1v) is 9.25. The van der Waals surface area contributed by atoms with E-state index in [9.17, 15) is 9.59 Å². The highest BCUT2D eigenvalue weighted by atomic mass is 35.5. The molecule has 5 nitrogen and oxygen atoms in total. The van der Waals surface area contributed by atoms with Crippen molar-refractivity contribution in [1.29, 1.82) is 0 Å². The standard InChI is InChI=1S/C22H20ClN3O2/c1-2-26(20-6-4-3-5-7-20)21(27)16-8-12-18(13-9-16)24-22(28)25-19-14-10-17(23)11-15-19/h3-15H,2H2,1H3,(H2,24,25,28). The van der Waals surface area contributed by atoms with Gasteiger partial charge in [0.15, 0.2) is 0 Å². The van der Waals surface area contributed by atoms with Gasteiger partial charge in [-0.1, -0.05) is 29.8 Å². The number of carbonyl (C=O) groups excluding carboxylic acids is 2. The van der Waals surface area contributed by atoms with Crippen LogP contribution in [0.15, 0.2) is 78.9 Å². The van der Waals surface area contributed by atoms with Gasteiger partial charge in [-0.3, -0.25) is 4.79 Å². The molecule has 0 aromatic heterocycles. The van der Waals surface area contributed by atoms with Gasteiger partial charge in [-0.05, 0) is 67.6 Å². The van der Waals surface area contributed by atoms with Crippen LogP contribution in [0.1, 0.15) is 17.3 Å². The highest BCUT2D eigenvalue weighted by molar-refractivity contribution is 6.30. The maximum absolute atomic E-state index is 12.8. The smallest absolute Gasteiger partial charge is 0.309 e. The van der Waals surface area contributed by atoms with Gasteiger partial charge in [0, 0.05) is 34.2 Å². The lowest BCUT2D eigenvalue weighted by molar-refractivity contribution is 0.0988. The summed E-state index contributed by atoms with van der Waals surface area (Å²) in [5.74, 6) is -0.0918. The van der Waals surface area contributed by atoms with E-state index >= 15 is 0 Å². The number of anilines is 3. The zero-order valence-electron chi connectivity index (χ0n) is 15.4. The third kappa shape index (κ3) is 4.90. The zero-order chi connectivity index (χ0) is 19.9. The van der Waals surface area contributed by atoms with Crippen LogP contribution in [0.4, 0.5) is 21.9 Å². The van der Waals surface area contributed by atoms with Crippen LogP contribution in [-0.2, 0) is 0 Å². The summed E-state index contributed by atoms with van der Waals surface area (Å²) in [6, 6.07) is 22.8. The van der Waals surface area contributed by atoms with Crippen LogP contribution in [0, 0.1) is 0 Å². The first kappa shape index (κ1) is 19.5. The van der Waals surface area contributed by atoms with Gasteiger partial charge < -0.3 is 15.5 Å². The van der Waals surface area contributed by atoms with Crippen molar-refractivity contribution in [3.05, 3.63) is 89.4 Å². The Kier molecular flexibility index (Phi) is 6.29. The van der Waals surface area contributed by atoms with Crippen molar-refractivity contribution < 1.29 is 9.59 Å². The van der Waals surface area contributed by atoms with Gasteiger partial charge in [-0.2, -0.15) is 0 Å². The molecular formula is C22H20ClN3O2. The fourth-order valence-corrected chi connectivity index (χ4v) is 2.86. The number of para-hydroxylation sites is 1. The average molecular weight is 394 g/mol. The third-order valence-electron chi connectivity index (χ3n) is 4.12. The highest BCUT2D eigenvalue weighted by Crippen LogP contribution is 2.18. The molecule has 0 atom stereocenters. The van der Waals surface area contributed by atoms with Gasteiger partial charge in [-0.15, -0.1) is 0 Å². The van der Waals surface area contributed by atoms with Crippen LogP contribution in [0.2, 0.25) is 5.02 Å². The number of hydrogen-bond donors (Lipinski definition) is 2. The zero-order valence-corrected chi connectivity index (χ0v) is 16.1. The summed E-state index contributed by atoms with van der Waals surface area (Å²) >= 11 is 5.83. The summed E-state index contributed by atoms with van der Waals surface area (Å²) in [7, 11) is 0. The minimum atomic E-state index is -0.374. The number of halogens is 1. The lowest BCUT2D eigenvalue weighted by Crippen LogP contribution is -2.30. The van der Waals surface area contributed by atoms with Gasteiger partial charge in [-0.25, -0.2) is 4.79 Å². The molecule has 0 saturated heterocycles. The summed E-state index contributed by atoms with van der Waals surface area (Å²) in [6.45, 7) is 2.49. The summed E-state index contributed by atoms with van der Waals surface area (Å²) < 4.78 is 0. The number of carbonyl (C=O) groups is 2. The van der Waals surface area contributed by atoms with Crippen molar-refractivity contribution in [1.82, 2.24) is 0 Å². The molecule has 3 amide bonds. The van der Waals surface area contributed by atoms with Crippen LogP contribution in [0.5, 0.6) is 0 Å². The Hall–Kier alpha value is -3.31. The van der Waals surface area contributed by atoms with E-state index in [1.165, 1.54) is 0 Å². The fraction of sp³-hybridized carbons (Fsp3) is 0.0909. The van der Waals surface area contributed by atoms with Crippen LogP contribution in [0.3, 0.4) is 0 Å². The lowest BCUT2D eigenvalue weighted by Gasteiger charge is -2.21. The van der Waals surface area contributed by atoms with Crippen molar-refractivity contribution >= 4 is 40.6 Å². The van der Waals surface area contributed by atoms with Gasteiger partial charge in [0.2, 0.25) is 0 Å². The molecule has 0 unspecified atom stereocenters. The van der Waals surface area contributed by atoms with Crippen molar-refractivity contribution in [3.8, 4) is 0 Å². The van der Waals surface area contributed by atoms with Gasteiger partial charge >= 0.3 is 6.03 Å². The number of benzene rings is 3. The van der Waals surface area contributed by atoms with Crippen LogP contribution in [0.25, 0.3) is 0 Å². The second-order valence-corrected chi connectivity index (χ2v) is 6.48. The Morgan fingerprint density at radius 2 is 1.36 bits per heavy atom. The van der Waals surface area contributed by atoms with Crippen LogP contribution < -0.4 is 15.5 Å². The Morgan fingerprint density at radius 3 is 1.89 bits per heavy atom. The largest absolute Gasteiger partial charge is 0.323 e. The number of rotatable bonds is 5. The van der Waals surface area contributed by atoms with Crippen LogP contribution in [-0.4, -0.2) is 18.5 Å². The summed E-state index contributed by atoms with van der Waals surface area (Å²) in [5, 5.41) is 6.06. The molecule has 142 valence electrons. The molecule has 3 rings (SSSR count). The second kappa shape index (κ2) is 9.06. The molecule has 0 heterocycles. The minimum Gasteiger partial charge on any atom is -0.309 e. The molecule has 2 N–H and O–H groups in total. The molecule has 0 spiro atoms. The minimum absolute atomic E-state index is 0.0918. The van der Waals surface area contributed by atoms with Crippen LogP contribution >= 0.6 is 11.6 Å². The van der Waals surface area contributed by atoms with Crippen molar-refractivity contribution in [2.45, 2.75) is 6.92 Å². The number of amides is 3. The summed E-state index contributed by atoms with van der Waals surface area (Å²) in [5.41, 5.74) is 2.62. The maximum Gasteiger partial charge on any atom is 0.323 e. The molecule has 0 bridgehead atoms. The van der Waals surface area contributed by atoms with Crippen molar-refractivity contribution in [2.24, 2.45) is 0 Å². The predicted molar refractivity (Wildman–Crippen MR) is 114 cm³/mol. The number of nitrogens with zero attached hydrogens (tertiary/aromatic N) is 1. The molecule has 0 saturated carbocycles. The molecule has 3 aromatic rings. The average Bonchev–Trinajstić information content (AvgIpc) is 2.71. The molecule has 0 fully saturated rings. The topological polar surface area (TPSA) is 61.4 Å². The van der Waals surface area contributed by atoms with Crippen molar-refractivity contribution in [3.63, 3.8) is 0 Å². The summed E-state index contributed by atoms with van der Waals surface area (Å²) in [4.78, 5) is 26.6. The van der Waals surface area contributed by atoms with E-state index < -0.39 is 0 Å². The molecular weight excluding hydrogens is 374 g/mol. The molecule has 0 aliphatic carbocycles. The van der Waals surface area contributed by atoms with E-state index in [0.717, 1.165) is 5.69 Å². The molecule has 0 aliphatic heterocycles. The van der Waals surface area contributed by atoms with E-state index in [1.54, 1.807) is 53.4 Å². The van der Waals surface area contributed by atoms with E-state index in [2.05, 4.69) is 10.6 Å². The quantitative estimate of drug-likeness (QED) is 0.588. The second-order valence-electron chi connectivity index (χ2n) is 6.05. The number of hydrogen-bond acceptors (Lipinski definition) is 2. The maximum atomic E-state index is 12.8. The molecule has 3 aromatic carbocycles. The van der Waals surface area contributed by atoms with Gasteiger partial charge in [0.1, 0.15) is 0 Å². The normalized spacial score (nSPS) is 10.2. The number of urea groups is 1. The van der Waals surface area contributed by atoms with Crippen molar-refractivity contribution in [2.75, 3.05) is 22.1 Å². The Balaban J connectivity index is 1.64. The summed E-state index contributed by atoms with van der Waals surface area (Å²) in [6.07, 6.45) is 0. The molecule has 6 heteroatoms. The Bertz CT molecular complexity index is 942. The highest BCUT2D eigenvalue weighted by Gasteiger charge is 2.15. The monoisotopic (exact) mass is 393 g/mol. The molecule has 0 radical (unpaired) electrons.